The normalized spacial score (nSPS) is 15.7. The average Bonchev–Trinajstić information content (AvgIpc) is 3.43. The predicted molar refractivity (Wildman–Crippen MR) is 107 cm³/mol. The highest BCUT2D eigenvalue weighted by Crippen LogP contribution is 2.35. The van der Waals surface area contributed by atoms with Crippen molar-refractivity contribution in [2.45, 2.75) is 24.9 Å². The van der Waals surface area contributed by atoms with Crippen LogP contribution in [0.5, 0.6) is 0 Å². The molecular formula is C21H18F4N6. The van der Waals surface area contributed by atoms with E-state index in [4.69, 9.17) is 0 Å². The summed E-state index contributed by atoms with van der Waals surface area (Å²) in [5.74, 6) is 0.471. The van der Waals surface area contributed by atoms with Crippen molar-refractivity contribution in [3.63, 3.8) is 0 Å². The van der Waals surface area contributed by atoms with E-state index >= 15 is 0 Å². The summed E-state index contributed by atoms with van der Waals surface area (Å²) in [6, 6.07) is 4.92. The minimum atomic E-state index is -4.75. The fourth-order valence-corrected chi connectivity index (χ4v) is 4.08. The van der Waals surface area contributed by atoms with Gasteiger partial charge in [0.05, 0.1) is 22.8 Å². The Labute approximate surface area is 174 Å². The zero-order valence-electron chi connectivity index (χ0n) is 16.2. The quantitative estimate of drug-likeness (QED) is 0.454. The van der Waals surface area contributed by atoms with Crippen LogP contribution in [0, 0.1) is 5.82 Å². The Morgan fingerprint density at radius 3 is 2.61 bits per heavy atom. The van der Waals surface area contributed by atoms with Gasteiger partial charge in [-0.1, -0.05) is 0 Å². The highest BCUT2D eigenvalue weighted by molar-refractivity contribution is 5.87. The molecule has 0 radical (unpaired) electrons. The molecule has 1 aromatic carbocycles. The summed E-state index contributed by atoms with van der Waals surface area (Å²) < 4.78 is 52.6. The van der Waals surface area contributed by atoms with Crippen molar-refractivity contribution < 1.29 is 17.6 Å². The van der Waals surface area contributed by atoms with E-state index in [2.05, 4.69) is 29.8 Å². The van der Waals surface area contributed by atoms with Crippen LogP contribution in [-0.4, -0.2) is 38.0 Å². The topological polar surface area (TPSA) is 73.5 Å². The van der Waals surface area contributed by atoms with Crippen molar-refractivity contribution in [2.24, 2.45) is 0 Å². The van der Waals surface area contributed by atoms with E-state index in [1.54, 1.807) is 0 Å². The summed E-state index contributed by atoms with van der Waals surface area (Å²) in [5, 5.41) is 0.970. The van der Waals surface area contributed by atoms with Crippen molar-refractivity contribution in [1.82, 2.24) is 24.9 Å². The highest BCUT2D eigenvalue weighted by Gasteiger charge is 2.34. The minimum absolute atomic E-state index is 0.149. The molecular weight excluding hydrogens is 412 g/mol. The summed E-state index contributed by atoms with van der Waals surface area (Å²) >= 11 is 0. The molecule has 5 rings (SSSR count). The van der Waals surface area contributed by atoms with Gasteiger partial charge in [0, 0.05) is 30.8 Å². The second-order valence-electron chi connectivity index (χ2n) is 7.57. The Kier molecular flexibility index (Phi) is 4.64. The molecule has 1 aliphatic heterocycles. The number of halogens is 4. The van der Waals surface area contributed by atoms with Gasteiger partial charge in [0.15, 0.2) is 0 Å². The van der Waals surface area contributed by atoms with Crippen LogP contribution in [-0.2, 0) is 6.18 Å². The Bertz CT molecular complexity index is 1220. The van der Waals surface area contributed by atoms with Crippen LogP contribution in [0.2, 0.25) is 0 Å². The number of imidazole rings is 1. The first-order valence-corrected chi connectivity index (χ1v) is 9.85. The fraction of sp³-hybridized carbons (Fsp3) is 0.286. The minimum Gasteiger partial charge on any atom is -0.356 e. The van der Waals surface area contributed by atoms with Crippen LogP contribution in [0.3, 0.4) is 0 Å². The molecule has 4 aromatic rings. The monoisotopic (exact) mass is 430 g/mol. The molecule has 0 unspecified atom stereocenters. The third-order valence-electron chi connectivity index (χ3n) is 5.69. The van der Waals surface area contributed by atoms with Gasteiger partial charge in [-0.3, -0.25) is 0 Å². The number of hydrogen-bond donors (Lipinski definition) is 2. The van der Waals surface area contributed by atoms with Gasteiger partial charge in [-0.2, -0.15) is 13.2 Å². The number of alkyl halides is 3. The van der Waals surface area contributed by atoms with E-state index in [1.807, 2.05) is 12.3 Å². The molecule has 3 aromatic heterocycles. The summed E-state index contributed by atoms with van der Waals surface area (Å²) in [6.45, 7) is 1.54. The number of aromatic nitrogens is 5. The van der Waals surface area contributed by atoms with Crippen molar-refractivity contribution in [2.75, 3.05) is 18.0 Å². The van der Waals surface area contributed by atoms with Crippen LogP contribution in [0.1, 0.15) is 30.1 Å². The van der Waals surface area contributed by atoms with E-state index in [1.165, 1.54) is 18.6 Å². The lowest BCUT2D eigenvalue weighted by molar-refractivity contribution is -0.139. The predicted octanol–water partition coefficient (Wildman–Crippen LogP) is 4.89. The van der Waals surface area contributed by atoms with E-state index < -0.39 is 17.6 Å². The number of rotatable bonds is 3. The Morgan fingerprint density at radius 2 is 1.84 bits per heavy atom. The van der Waals surface area contributed by atoms with Crippen LogP contribution < -0.4 is 4.90 Å². The lowest BCUT2D eigenvalue weighted by atomic mass is 9.96. The SMILES string of the molecule is Fc1ccc(-c2cnc(C3CCN(c4ncnc5[nH]ccc45)CC3)[nH]2)cc1C(F)(F)F. The summed E-state index contributed by atoms with van der Waals surface area (Å²) in [6.07, 6.45) is 1.77. The lowest BCUT2D eigenvalue weighted by Gasteiger charge is -2.32. The van der Waals surface area contributed by atoms with E-state index in [-0.39, 0.29) is 11.5 Å². The molecule has 1 fully saturated rings. The van der Waals surface area contributed by atoms with Crippen molar-refractivity contribution in [1.29, 1.82) is 0 Å². The third kappa shape index (κ3) is 3.62. The molecule has 4 heterocycles. The molecule has 1 aliphatic rings. The average molecular weight is 430 g/mol. The molecule has 160 valence electrons. The lowest BCUT2D eigenvalue weighted by Crippen LogP contribution is -2.33. The Hall–Kier alpha value is -3.43. The first-order chi connectivity index (χ1) is 14.9. The van der Waals surface area contributed by atoms with Crippen molar-refractivity contribution >= 4 is 16.9 Å². The van der Waals surface area contributed by atoms with Gasteiger partial charge in [0.2, 0.25) is 0 Å². The van der Waals surface area contributed by atoms with Gasteiger partial charge < -0.3 is 14.9 Å². The molecule has 0 bridgehead atoms. The maximum Gasteiger partial charge on any atom is 0.419 e. The molecule has 0 saturated carbocycles. The van der Waals surface area contributed by atoms with Crippen molar-refractivity contribution in [3.8, 4) is 11.3 Å². The number of anilines is 1. The van der Waals surface area contributed by atoms with Gasteiger partial charge in [-0.25, -0.2) is 19.3 Å². The van der Waals surface area contributed by atoms with Gasteiger partial charge in [-0.15, -0.1) is 0 Å². The summed E-state index contributed by atoms with van der Waals surface area (Å²) in [7, 11) is 0. The fourth-order valence-electron chi connectivity index (χ4n) is 4.08. The number of fused-ring (bicyclic) bond motifs is 1. The van der Waals surface area contributed by atoms with Crippen LogP contribution in [0.15, 0.2) is 43.0 Å². The van der Waals surface area contributed by atoms with Crippen LogP contribution in [0.4, 0.5) is 23.4 Å². The first kappa shape index (κ1) is 19.5. The van der Waals surface area contributed by atoms with Crippen LogP contribution >= 0.6 is 0 Å². The molecule has 31 heavy (non-hydrogen) atoms. The summed E-state index contributed by atoms with van der Waals surface area (Å²) in [4.78, 5) is 21.4. The highest BCUT2D eigenvalue weighted by atomic mass is 19.4. The van der Waals surface area contributed by atoms with E-state index in [9.17, 15) is 17.6 Å². The number of H-pyrrole nitrogens is 2. The molecule has 10 heteroatoms. The van der Waals surface area contributed by atoms with Gasteiger partial charge >= 0.3 is 6.18 Å². The maximum atomic E-state index is 13.6. The second kappa shape index (κ2) is 7.36. The van der Waals surface area contributed by atoms with Gasteiger partial charge in [0.25, 0.3) is 0 Å². The van der Waals surface area contributed by atoms with Gasteiger partial charge in [0.1, 0.15) is 29.4 Å². The first-order valence-electron chi connectivity index (χ1n) is 9.85. The number of nitrogens with zero attached hydrogens (tertiary/aromatic N) is 4. The molecule has 6 nitrogen and oxygen atoms in total. The molecule has 1 saturated heterocycles. The smallest absolute Gasteiger partial charge is 0.356 e. The standard InChI is InChI=1S/C21H18F4N6/c22-16-2-1-13(9-15(16)21(23,24)25)17-10-27-18(30-17)12-4-7-31(8-5-12)20-14-3-6-26-19(14)28-11-29-20/h1-3,6,9-12H,4-5,7-8H2,(H,27,30)(H,26,28,29). The largest absolute Gasteiger partial charge is 0.419 e. The van der Waals surface area contributed by atoms with Crippen LogP contribution in [0.25, 0.3) is 22.3 Å². The molecule has 0 spiro atoms. The number of hydrogen-bond acceptors (Lipinski definition) is 4. The second-order valence-corrected chi connectivity index (χ2v) is 7.57. The number of nitrogens with one attached hydrogen (secondary N) is 2. The zero-order valence-corrected chi connectivity index (χ0v) is 16.2. The zero-order chi connectivity index (χ0) is 21.6. The van der Waals surface area contributed by atoms with E-state index in [0.29, 0.717) is 5.69 Å². The number of benzene rings is 1. The van der Waals surface area contributed by atoms with Crippen molar-refractivity contribution in [3.05, 3.63) is 60.2 Å². The molecule has 0 atom stereocenters. The Balaban J connectivity index is 1.32. The summed E-state index contributed by atoms with van der Waals surface area (Å²) in [5.41, 5.74) is 0.198. The molecule has 0 amide bonds. The van der Waals surface area contributed by atoms with E-state index in [0.717, 1.165) is 60.7 Å². The maximum absolute atomic E-state index is 13.6. The number of aromatic amines is 2. The third-order valence-corrected chi connectivity index (χ3v) is 5.69. The number of piperidine rings is 1. The molecule has 2 N–H and O–H groups in total. The van der Waals surface area contributed by atoms with Gasteiger partial charge in [-0.05, 0) is 37.1 Å². The Morgan fingerprint density at radius 1 is 1.03 bits per heavy atom. The molecule has 0 aliphatic carbocycles.